The maximum Gasteiger partial charge on any atom is 0.0794 e. The van der Waals surface area contributed by atoms with E-state index in [1.165, 1.54) is 0 Å². The summed E-state index contributed by atoms with van der Waals surface area (Å²) >= 11 is 0. The lowest BCUT2D eigenvalue weighted by Gasteiger charge is -2.15. The molecule has 60 valence electrons. The van der Waals surface area contributed by atoms with Crippen LogP contribution in [-0.2, 0) is 0 Å². The molecule has 1 atom stereocenters. The molecule has 0 amide bonds. The van der Waals surface area contributed by atoms with Crippen LogP contribution in [0.25, 0.3) is 0 Å². The van der Waals surface area contributed by atoms with Gasteiger partial charge < -0.3 is 10.2 Å². The van der Waals surface area contributed by atoms with Gasteiger partial charge in [0.15, 0.2) is 0 Å². The Kier molecular flexibility index (Phi) is 4.32. The normalized spacial score (nSPS) is 16.0. The van der Waals surface area contributed by atoms with E-state index in [1.54, 1.807) is 6.08 Å². The maximum absolute atomic E-state index is 9.36. The number of rotatable bonds is 3. The van der Waals surface area contributed by atoms with Crippen molar-refractivity contribution < 1.29 is 10.2 Å². The van der Waals surface area contributed by atoms with Gasteiger partial charge in [0.1, 0.15) is 0 Å². The number of aliphatic hydroxyl groups excluding tert-OH is 2. The van der Waals surface area contributed by atoms with Crippen molar-refractivity contribution in [2.24, 2.45) is 5.92 Å². The van der Waals surface area contributed by atoms with Crippen LogP contribution >= 0.6 is 0 Å². The van der Waals surface area contributed by atoms with Crippen molar-refractivity contribution in [3.8, 4) is 0 Å². The van der Waals surface area contributed by atoms with E-state index in [1.807, 2.05) is 20.8 Å². The fourth-order valence-electron chi connectivity index (χ4n) is 0.784. The van der Waals surface area contributed by atoms with Gasteiger partial charge in [-0.05, 0) is 18.4 Å². The van der Waals surface area contributed by atoms with E-state index in [4.69, 9.17) is 5.11 Å². The lowest BCUT2D eigenvalue weighted by molar-refractivity contribution is 0.143. The predicted molar refractivity (Wildman–Crippen MR) is 41.7 cm³/mol. The van der Waals surface area contributed by atoms with Crippen LogP contribution in [0.5, 0.6) is 0 Å². The number of aliphatic hydroxyl groups is 2. The highest BCUT2D eigenvalue weighted by atomic mass is 16.3. The molecular formula is C8H16O2. The van der Waals surface area contributed by atoms with Gasteiger partial charge in [-0.15, -0.1) is 0 Å². The summed E-state index contributed by atoms with van der Waals surface area (Å²) in [6.45, 7) is 5.61. The van der Waals surface area contributed by atoms with E-state index in [9.17, 15) is 5.11 Å². The van der Waals surface area contributed by atoms with Crippen LogP contribution in [0.1, 0.15) is 20.8 Å². The first-order chi connectivity index (χ1) is 4.63. The van der Waals surface area contributed by atoms with E-state index >= 15 is 0 Å². The molecule has 0 aliphatic rings. The summed E-state index contributed by atoms with van der Waals surface area (Å²) < 4.78 is 0. The topological polar surface area (TPSA) is 40.5 Å². The molecule has 2 N–H and O–H groups in total. The molecular weight excluding hydrogens is 128 g/mol. The van der Waals surface area contributed by atoms with Crippen molar-refractivity contribution in [3.05, 3.63) is 11.6 Å². The van der Waals surface area contributed by atoms with Crippen molar-refractivity contribution in [2.45, 2.75) is 26.9 Å². The van der Waals surface area contributed by atoms with Gasteiger partial charge in [0.05, 0.1) is 12.7 Å². The van der Waals surface area contributed by atoms with Crippen molar-refractivity contribution in [3.63, 3.8) is 0 Å². The number of allylic oxidation sites excluding steroid dienone is 1. The zero-order chi connectivity index (χ0) is 8.15. The molecule has 0 aromatic rings. The van der Waals surface area contributed by atoms with E-state index in [0.717, 1.165) is 0 Å². The van der Waals surface area contributed by atoms with Crippen LogP contribution in [0, 0.1) is 5.92 Å². The Labute approximate surface area is 62.2 Å². The first kappa shape index (κ1) is 9.66. The average Bonchev–Trinajstić information content (AvgIpc) is 1.90. The molecule has 0 aromatic heterocycles. The molecule has 2 nitrogen and oxygen atoms in total. The highest BCUT2D eigenvalue weighted by molar-refractivity contribution is 5.07. The number of hydrogen-bond acceptors (Lipinski definition) is 2. The highest BCUT2D eigenvalue weighted by Crippen LogP contribution is 2.10. The summed E-state index contributed by atoms with van der Waals surface area (Å²) in [6, 6.07) is 0. The Balaban J connectivity index is 4.03. The second kappa shape index (κ2) is 4.47. The molecule has 0 aliphatic heterocycles. The molecule has 10 heavy (non-hydrogen) atoms. The maximum atomic E-state index is 9.36. The summed E-state index contributed by atoms with van der Waals surface area (Å²) in [5.74, 6) is 0.179. The molecule has 0 aliphatic carbocycles. The minimum atomic E-state index is -0.491. The zero-order valence-corrected chi connectivity index (χ0v) is 6.83. The summed E-state index contributed by atoms with van der Waals surface area (Å²) in [4.78, 5) is 0. The lowest BCUT2D eigenvalue weighted by atomic mass is 10.00. The molecule has 2 heteroatoms. The first-order valence-corrected chi connectivity index (χ1v) is 3.57. The Morgan fingerprint density at radius 3 is 2.10 bits per heavy atom. The molecule has 0 spiro atoms. The fourth-order valence-corrected chi connectivity index (χ4v) is 0.784. The van der Waals surface area contributed by atoms with Crippen molar-refractivity contribution in [1.82, 2.24) is 0 Å². The second-order valence-corrected chi connectivity index (χ2v) is 2.71. The summed E-state index contributed by atoms with van der Waals surface area (Å²) in [7, 11) is 0. The second-order valence-electron chi connectivity index (χ2n) is 2.71. The lowest BCUT2D eigenvalue weighted by Crippen LogP contribution is -2.19. The number of hydrogen-bond donors (Lipinski definition) is 2. The Morgan fingerprint density at radius 1 is 1.50 bits per heavy atom. The molecule has 0 rings (SSSR count). The summed E-state index contributed by atoms with van der Waals surface area (Å²) in [5, 5.41) is 18.1. The van der Waals surface area contributed by atoms with Gasteiger partial charge in [0, 0.05) is 0 Å². The molecule has 0 saturated carbocycles. The minimum Gasteiger partial charge on any atom is -0.392 e. The van der Waals surface area contributed by atoms with Gasteiger partial charge in [-0.3, -0.25) is 0 Å². The van der Waals surface area contributed by atoms with Gasteiger partial charge in [-0.25, -0.2) is 0 Å². The minimum absolute atomic E-state index is 0.0458. The average molecular weight is 144 g/mol. The largest absolute Gasteiger partial charge is 0.392 e. The van der Waals surface area contributed by atoms with Crippen LogP contribution in [0.15, 0.2) is 11.6 Å². The molecule has 0 radical (unpaired) electrons. The van der Waals surface area contributed by atoms with Gasteiger partial charge in [-0.1, -0.05) is 19.9 Å². The molecule has 0 saturated heterocycles. The van der Waals surface area contributed by atoms with E-state index in [-0.39, 0.29) is 12.5 Å². The van der Waals surface area contributed by atoms with E-state index in [0.29, 0.717) is 5.57 Å². The Bertz CT molecular complexity index is 116. The molecule has 0 fully saturated rings. The molecule has 0 aromatic carbocycles. The summed E-state index contributed by atoms with van der Waals surface area (Å²) in [5.41, 5.74) is 0.704. The molecule has 0 bridgehead atoms. The third-order valence-corrected chi connectivity index (χ3v) is 1.56. The highest BCUT2D eigenvalue weighted by Gasteiger charge is 2.12. The van der Waals surface area contributed by atoms with Gasteiger partial charge in [-0.2, -0.15) is 0 Å². The van der Waals surface area contributed by atoms with Crippen LogP contribution < -0.4 is 0 Å². The van der Waals surface area contributed by atoms with E-state index < -0.39 is 6.10 Å². The molecule has 1 unspecified atom stereocenters. The van der Waals surface area contributed by atoms with Gasteiger partial charge >= 0.3 is 0 Å². The van der Waals surface area contributed by atoms with Crippen LogP contribution in [-0.4, -0.2) is 22.9 Å². The SMILES string of the molecule is C/C=C(/CO)C(O)C(C)C. The standard InChI is InChI=1S/C8H16O2/c1-4-7(5-9)8(10)6(2)3/h4,6,8-10H,5H2,1-3H3/b7-4-. The smallest absolute Gasteiger partial charge is 0.0794 e. The van der Waals surface area contributed by atoms with Crippen molar-refractivity contribution in [2.75, 3.05) is 6.61 Å². The fraction of sp³-hybridized carbons (Fsp3) is 0.750. The van der Waals surface area contributed by atoms with Gasteiger partial charge in [0.2, 0.25) is 0 Å². The van der Waals surface area contributed by atoms with Gasteiger partial charge in [0.25, 0.3) is 0 Å². The summed E-state index contributed by atoms with van der Waals surface area (Å²) in [6.07, 6.45) is 1.26. The third kappa shape index (κ3) is 2.50. The quantitative estimate of drug-likeness (QED) is 0.579. The van der Waals surface area contributed by atoms with Crippen molar-refractivity contribution in [1.29, 1.82) is 0 Å². The first-order valence-electron chi connectivity index (χ1n) is 3.57. The zero-order valence-electron chi connectivity index (χ0n) is 6.83. The van der Waals surface area contributed by atoms with Crippen LogP contribution in [0.4, 0.5) is 0 Å². The van der Waals surface area contributed by atoms with Crippen molar-refractivity contribution >= 4 is 0 Å². The Morgan fingerprint density at radius 2 is 2.00 bits per heavy atom. The monoisotopic (exact) mass is 144 g/mol. The predicted octanol–water partition coefficient (Wildman–Crippen LogP) is 0.942. The van der Waals surface area contributed by atoms with Crippen LogP contribution in [0.2, 0.25) is 0 Å². The Hall–Kier alpha value is -0.340. The van der Waals surface area contributed by atoms with Crippen LogP contribution in [0.3, 0.4) is 0 Å². The van der Waals surface area contributed by atoms with E-state index in [2.05, 4.69) is 0 Å². The molecule has 0 heterocycles. The third-order valence-electron chi connectivity index (χ3n) is 1.56.